The monoisotopic (exact) mass is 198 g/mol. The summed E-state index contributed by atoms with van der Waals surface area (Å²) in [6.45, 7) is 1.03. The number of amides is 1. The first-order chi connectivity index (χ1) is 6.83. The summed E-state index contributed by atoms with van der Waals surface area (Å²) < 4.78 is 0. The van der Waals surface area contributed by atoms with Crippen molar-refractivity contribution < 1.29 is 9.90 Å². The Bertz CT molecular complexity index is 220. The lowest BCUT2D eigenvalue weighted by atomic mass is 9.87. The van der Waals surface area contributed by atoms with Gasteiger partial charge >= 0.3 is 0 Å². The fourth-order valence-corrected chi connectivity index (χ4v) is 2.63. The van der Waals surface area contributed by atoms with Crippen LogP contribution in [-0.2, 0) is 4.79 Å². The van der Waals surface area contributed by atoms with E-state index in [4.69, 9.17) is 5.11 Å². The molecule has 14 heavy (non-hydrogen) atoms. The molecule has 2 atom stereocenters. The number of aliphatic hydroxyl groups is 1. The summed E-state index contributed by atoms with van der Waals surface area (Å²) in [4.78, 5) is 13.5. The van der Waals surface area contributed by atoms with Gasteiger partial charge in [-0.15, -0.1) is 0 Å². The molecule has 4 nitrogen and oxygen atoms in total. The summed E-state index contributed by atoms with van der Waals surface area (Å²) in [5.74, 6) is 0.141. The third-order valence-electron chi connectivity index (χ3n) is 3.31. The molecule has 0 aromatic carbocycles. The first kappa shape index (κ1) is 9.93. The van der Waals surface area contributed by atoms with Gasteiger partial charge in [0, 0.05) is 18.6 Å². The van der Waals surface area contributed by atoms with Gasteiger partial charge in [-0.05, 0) is 12.8 Å². The molecule has 2 rings (SSSR count). The molecule has 2 aliphatic rings. The zero-order valence-corrected chi connectivity index (χ0v) is 8.41. The minimum Gasteiger partial charge on any atom is -0.395 e. The Kier molecular flexibility index (Phi) is 3.03. The standard InChI is InChI=1S/C10H18N2O2/c13-6-5-12-9-4-2-1-3-8(9)11-7-10(12)14/h8-9,11,13H,1-7H2. The Hall–Kier alpha value is -0.610. The van der Waals surface area contributed by atoms with Gasteiger partial charge in [0.1, 0.15) is 0 Å². The maximum absolute atomic E-state index is 11.6. The SMILES string of the molecule is O=C1CNC2CCCCC2N1CCO. The van der Waals surface area contributed by atoms with E-state index in [1.165, 1.54) is 19.3 Å². The van der Waals surface area contributed by atoms with Gasteiger partial charge in [-0.25, -0.2) is 0 Å². The second-order valence-corrected chi connectivity index (χ2v) is 4.15. The Morgan fingerprint density at radius 3 is 3.00 bits per heavy atom. The topological polar surface area (TPSA) is 52.6 Å². The van der Waals surface area contributed by atoms with E-state index in [1.807, 2.05) is 4.90 Å². The van der Waals surface area contributed by atoms with Gasteiger partial charge in [0.15, 0.2) is 0 Å². The van der Waals surface area contributed by atoms with E-state index in [0.29, 0.717) is 25.2 Å². The summed E-state index contributed by atoms with van der Waals surface area (Å²) in [5.41, 5.74) is 0. The van der Waals surface area contributed by atoms with E-state index < -0.39 is 0 Å². The lowest BCUT2D eigenvalue weighted by Gasteiger charge is -2.44. The number of nitrogens with zero attached hydrogens (tertiary/aromatic N) is 1. The van der Waals surface area contributed by atoms with Crippen LogP contribution in [0.3, 0.4) is 0 Å². The highest BCUT2D eigenvalue weighted by atomic mass is 16.3. The van der Waals surface area contributed by atoms with E-state index >= 15 is 0 Å². The predicted molar refractivity (Wildman–Crippen MR) is 52.8 cm³/mol. The maximum Gasteiger partial charge on any atom is 0.236 e. The smallest absolute Gasteiger partial charge is 0.236 e. The van der Waals surface area contributed by atoms with Crippen LogP contribution < -0.4 is 5.32 Å². The number of β-amino-alcohol motifs (C(OH)–C–C–N with tert-alkyl or cyclic N) is 1. The van der Waals surface area contributed by atoms with Crippen LogP contribution in [0.2, 0.25) is 0 Å². The molecular weight excluding hydrogens is 180 g/mol. The van der Waals surface area contributed by atoms with Crippen LogP contribution in [-0.4, -0.2) is 47.7 Å². The summed E-state index contributed by atoms with van der Waals surface area (Å²) in [7, 11) is 0. The molecule has 1 saturated heterocycles. The lowest BCUT2D eigenvalue weighted by Crippen LogP contribution is -2.62. The molecule has 0 spiro atoms. The van der Waals surface area contributed by atoms with Crippen molar-refractivity contribution in [3.05, 3.63) is 0 Å². The number of carbonyl (C=O) groups is 1. The molecular formula is C10H18N2O2. The molecule has 0 aromatic heterocycles. The van der Waals surface area contributed by atoms with Gasteiger partial charge < -0.3 is 15.3 Å². The second kappa shape index (κ2) is 4.28. The van der Waals surface area contributed by atoms with Crippen molar-refractivity contribution in [1.82, 2.24) is 10.2 Å². The van der Waals surface area contributed by atoms with Gasteiger partial charge in [-0.1, -0.05) is 12.8 Å². The Morgan fingerprint density at radius 1 is 1.43 bits per heavy atom. The highest BCUT2D eigenvalue weighted by molar-refractivity contribution is 5.79. The Labute approximate surface area is 84.3 Å². The van der Waals surface area contributed by atoms with Crippen molar-refractivity contribution in [2.75, 3.05) is 19.7 Å². The molecule has 1 aliphatic heterocycles. The minimum atomic E-state index is 0.0783. The first-order valence-corrected chi connectivity index (χ1v) is 5.46. The zero-order valence-electron chi connectivity index (χ0n) is 8.41. The highest BCUT2D eigenvalue weighted by Gasteiger charge is 2.36. The number of piperazine rings is 1. The number of hydrogen-bond donors (Lipinski definition) is 2. The van der Waals surface area contributed by atoms with Crippen molar-refractivity contribution in [1.29, 1.82) is 0 Å². The Morgan fingerprint density at radius 2 is 2.21 bits per heavy atom. The number of aliphatic hydroxyl groups excluding tert-OH is 1. The van der Waals surface area contributed by atoms with Gasteiger partial charge in [0.05, 0.1) is 13.2 Å². The molecule has 2 N–H and O–H groups in total. The second-order valence-electron chi connectivity index (χ2n) is 4.15. The van der Waals surface area contributed by atoms with Crippen molar-refractivity contribution in [3.8, 4) is 0 Å². The Balaban J connectivity index is 2.05. The molecule has 1 aliphatic carbocycles. The molecule has 1 amide bonds. The summed E-state index contributed by atoms with van der Waals surface area (Å²) in [6.07, 6.45) is 4.72. The van der Waals surface area contributed by atoms with Crippen molar-refractivity contribution in [3.63, 3.8) is 0 Å². The molecule has 2 unspecified atom stereocenters. The van der Waals surface area contributed by atoms with Crippen LogP contribution >= 0.6 is 0 Å². The zero-order chi connectivity index (χ0) is 9.97. The van der Waals surface area contributed by atoms with Crippen LogP contribution in [0.25, 0.3) is 0 Å². The van der Waals surface area contributed by atoms with E-state index in [9.17, 15) is 4.79 Å². The van der Waals surface area contributed by atoms with Crippen LogP contribution in [0.1, 0.15) is 25.7 Å². The minimum absolute atomic E-state index is 0.0783. The quantitative estimate of drug-likeness (QED) is 0.642. The molecule has 0 radical (unpaired) electrons. The fraction of sp³-hybridized carbons (Fsp3) is 0.900. The molecule has 80 valence electrons. The highest BCUT2D eigenvalue weighted by Crippen LogP contribution is 2.25. The normalized spacial score (nSPS) is 32.9. The van der Waals surface area contributed by atoms with Gasteiger partial charge in [0.25, 0.3) is 0 Å². The fourth-order valence-electron chi connectivity index (χ4n) is 2.63. The molecule has 4 heteroatoms. The predicted octanol–water partition coefficient (Wildman–Crippen LogP) is -0.278. The van der Waals surface area contributed by atoms with Gasteiger partial charge in [-0.2, -0.15) is 0 Å². The van der Waals surface area contributed by atoms with Crippen molar-refractivity contribution in [2.45, 2.75) is 37.8 Å². The van der Waals surface area contributed by atoms with Crippen LogP contribution in [0.4, 0.5) is 0 Å². The van der Waals surface area contributed by atoms with Crippen LogP contribution in [0.15, 0.2) is 0 Å². The van der Waals surface area contributed by atoms with E-state index in [-0.39, 0.29) is 12.5 Å². The first-order valence-electron chi connectivity index (χ1n) is 5.46. The molecule has 0 bridgehead atoms. The maximum atomic E-state index is 11.6. The van der Waals surface area contributed by atoms with Gasteiger partial charge in [-0.3, -0.25) is 4.79 Å². The van der Waals surface area contributed by atoms with Crippen molar-refractivity contribution >= 4 is 5.91 Å². The number of hydrogen-bond acceptors (Lipinski definition) is 3. The number of nitrogens with one attached hydrogen (secondary N) is 1. The average molecular weight is 198 g/mol. The van der Waals surface area contributed by atoms with E-state index in [2.05, 4.69) is 5.32 Å². The van der Waals surface area contributed by atoms with E-state index in [1.54, 1.807) is 0 Å². The average Bonchev–Trinajstić information content (AvgIpc) is 2.23. The molecule has 0 aromatic rings. The third-order valence-corrected chi connectivity index (χ3v) is 3.31. The lowest BCUT2D eigenvalue weighted by molar-refractivity contribution is -0.138. The van der Waals surface area contributed by atoms with Crippen LogP contribution in [0.5, 0.6) is 0 Å². The largest absolute Gasteiger partial charge is 0.395 e. The summed E-state index contributed by atoms with van der Waals surface area (Å²) in [6, 6.07) is 0.796. The summed E-state index contributed by atoms with van der Waals surface area (Å²) in [5, 5.41) is 12.2. The van der Waals surface area contributed by atoms with Crippen LogP contribution in [0, 0.1) is 0 Å². The number of rotatable bonds is 2. The third kappa shape index (κ3) is 1.77. The molecule has 1 heterocycles. The number of carbonyl (C=O) groups excluding carboxylic acids is 1. The number of fused-ring (bicyclic) bond motifs is 1. The molecule has 1 saturated carbocycles. The van der Waals surface area contributed by atoms with E-state index in [0.717, 1.165) is 6.42 Å². The van der Waals surface area contributed by atoms with Crippen molar-refractivity contribution in [2.24, 2.45) is 0 Å². The van der Waals surface area contributed by atoms with Gasteiger partial charge in [0.2, 0.25) is 5.91 Å². The summed E-state index contributed by atoms with van der Waals surface area (Å²) >= 11 is 0. The molecule has 2 fully saturated rings.